The monoisotopic (exact) mass is 470 g/mol. The second kappa shape index (κ2) is 10.5. The molecule has 0 fully saturated rings. The van der Waals surface area contributed by atoms with Crippen molar-refractivity contribution in [1.29, 1.82) is 0 Å². The van der Waals surface area contributed by atoms with Gasteiger partial charge in [0.25, 0.3) is 5.91 Å². The molecule has 1 unspecified atom stereocenters. The van der Waals surface area contributed by atoms with E-state index in [-0.39, 0.29) is 13.0 Å². The molecule has 3 aromatic rings. The van der Waals surface area contributed by atoms with Crippen LogP contribution < -0.4 is 4.90 Å². The normalized spacial score (nSPS) is 12.2. The predicted octanol–water partition coefficient (Wildman–Crippen LogP) is 5.60. The average molecular weight is 470 g/mol. The van der Waals surface area contributed by atoms with Gasteiger partial charge in [0, 0.05) is 43.0 Å². The number of alkyl halides is 3. The molecule has 3 rings (SSSR count). The number of benzene rings is 2. The van der Waals surface area contributed by atoms with E-state index in [0.717, 1.165) is 23.4 Å². The first-order chi connectivity index (χ1) is 16.1. The second-order valence-electron chi connectivity index (χ2n) is 7.94. The smallest absolute Gasteiger partial charge is 0.417 e. The lowest BCUT2D eigenvalue weighted by Gasteiger charge is -2.28. The number of nitrogens with zero attached hydrogens (tertiary/aromatic N) is 2. The van der Waals surface area contributed by atoms with Crippen molar-refractivity contribution in [3.63, 3.8) is 0 Å². The molecule has 0 N–H and O–H groups in total. The molecule has 0 bridgehead atoms. The molecule has 0 saturated heterocycles. The zero-order chi connectivity index (χ0) is 24.9. The van der Waals surface area contributed by atoms with Gasteiger partial charge in [-0.25, -0.2) is 0 Å². The molecule has 0 saturated carbocycles. The summed E-state index contributed by atoms with van der Waals surface area (Å²) >= 11 is 0. The number of carbonyl (C=O) groups excluding carboxylic acids is 2. The van der Waals surface area contributed by atoms with Crippen LogP contribution in [0, 0.1) is 13.8 Å². The van der Waals surface area contributed by atoms with Gasteiger partial charge < -0.3 is 9.64 Å². The quantitative estimate of drug-likeness (QED) is 0.422. The highest BCUT2D eigenvalue weighted by Gasteiger charge is 2.31. The van der Waals surface area contributed by atoms with E-state index in [1.165, 1.54) is 17.9 Å². The summed E-state index contributed by atoms with van der Waals surface area (Å²) in [5, 5.41) is 0. The molecule has 1 aromatic heterocycles. The summed E-state index contributed by atoms with van der Waals surface area (Å²) in [5.41, 5.74) is 2.68. The highest BCUT2D eigenvalue weighted by Crippen LogP contribution is 2.29. The van der Waals surface area contributed by atoms with E-state index in [1.54, 1.807) is 36.4 Å². The van der Waals surface area contributed by atoms with Crippen LogP contribution >= 0.6 is 0 Å². The molecule has 5 nitrogen and oxygen atoms in total. The van der Waals surface area contributed by atoms with E-state index in [2.05, 4.69) is 4.98 Å². The maximum atomic E-state index is 13.7. The Labute approximate surface area is 196 Å². The van der Waals surface area contributed by atoms with Crippen LogP contribution in [-0.2, 0) is 26.9 Å². The minimum absolute atomic E-state index is 0.129. The molecule has 0 radical (unpaired) electrons. The number of rotatable bonds is 7. The summed E-state index contributed by atoms with van der Waals surface area (Å²) in [7, 11) is 0. The van der Waals surface area contributed by atoms with Gasteiger partial charge in [0.2, 0.25) is 6.10 Å². The number of hydrogen-bond acceptors (Lipinski definition) is 4. The first kappa shape index (κ1) is 25.0. The lowest BCUT2D eigenvalue weighted by molar-refractivity contribution is -0.153. The van der Waals surface area contributed by atoms with Crippen LogP contribution in [0.25, 0.3) is 0 Å². The number of pyridine rings is 1. The fraction of sp³-hybridized carbons (Fsp3) is 0.269. The van der Waals surface area contributed by atoms with E-state index < -0.39 is 29.7 Å². The summed E-state index contributed by atoms with van der Waals surface area (Å²) < 4.78 is 43.9. The van der Waals surface area contributed by atoms with E-state index in [1.807, 2.05) is 26.0 Å². The third-order valence-electron chi connectivity index (χ3n) is 5.42. The Morgan fingerprint density at radius 3 is 2.26 bits per heavy atom. The molecule has 0 spiro atoms. The molecule has 0 aliphatic rings. The van der Waals surface area contributed by atoms with E-state index >= 15 is 0 Å². The number of hydrogen-bond donors (Lipinski definition) is 0. The fourth-order valence-corrected chi connectivity index (χ4v) is 3.42. The fourth-order valence-electron chi connectivity index (χ4n) is 3.42. The summed E-state index contributed by atoms with van der Waals surface area (Å²) in [5.74, 6) is -1.07. The zero-order valence-corrected chi connectivity index (χ0v) is 19.1. The van der Waals surface area contributed by atoms with Crippen LogP contribution in [0.4, 0.5) is 18.9 Å². The first-order valence-corrected chi connectivity index (χ1v) is 10.7. The summed E-state index contributed by atoms with van der Waals surface area (Å²) in [4.78, 5) is 30.8. The van der Waals surface area contributed by atoms with Gasteiger partial charge in [-0.3, -0.25) is 14.6 Å². The number of esters is 1. The predicted molar refractivity (Wildman–Crippen MR) is 122 cm³/mol. The molecule has 2 aromatic carbocycles. The number of aryl methyl sites for hydroxylation is 2. The third kappa shape index (κ3) is 6.21. The number of anilines is 1. The SMILES string of the molecule is CC(=O)OC(C(=O)N(CCc1ccc(C(F)(F)F)cn1)c1ccc(C)c(C)c1)c1ccccc1. The maximum Gasteiger partial charge on any atom is 0.417 e. The Bertz CT molecular complexity index is 1150. The van der Waals surface area contributed by atoms with Crippen LogP contribution in [-0.4, -0.2) is 23.4 Å². The van der Waals surface area contributed by atoms with Gasteiger partial charge in [0.1, 0.15) is 0 Å². The minimum Gasteiger partial charge on any atom is -0.447 e. The van der Waals surface area contributed by atoms with E-state index in [0.29, 0.717) is 16.9 Å². The second-order valence-corrected chi connectivity index (χ2v) is 7.94. The summed E-state index contributed by atoms with van der Waals surface area (Å²) in [6.07, 6.45) is -4.65. The minimum atomic E-state index is -4.47. The molecule has 8 heteroatoms. The highest BCUT2D eigenvalue weighted by atomic mass is 19.4. The molecule has 178 valence electrons. The van der Waals surface area contributed by atoms with Crippen molar-refractivity contribution in [2.24, 2.45) is 0 Å². The van der Waals surface area contributed by atoms with Crippen molar-refractivity contribution < 1.29 is 27.5 Å². The van der Waals surface area contributed by atoms with Crippen molar-refractivity contribution in [2.45, 2.75) is 39.5 Å². The molecule has 1 heterocycles. The van der Waals surface area contributed by atoms with Crippen molar-refractivity contribution in [3.05, 3.63) is 94.8 Å². The Hall–Kier alpha value is -3.68. The third-order valence-corrected chi connectivity index (χ3v) is 5.42. The molecular formula is C26H25F3N2O3. The Morgan fingerprint density at radius 1 is 1.00 bits per heavy atom. The van der Waals surface area contributed by atoms with Gasteiger partial charge in [-0.15, -0.1) is 0 Å². The molecule has 34 heavy (non-hydrogen) atoms. The summed E-state index contributed by atoms with van der Waals surface area (Å²) in [6, 6.07) is 16.4. The number of amides is 1. The lowest BCUT2D eigenvalue weighted by Crippen LogP contribution is -2.38. The van der Waals surface area contributed by atoms with E-state index in [4.69, 9.17) is 4.74 Å². The van der Waals surface area contributed by atoms with Crippen LogP contribution in [0.15, 0.2) is 66.9 Å². The average Bonchev–Trinajstić information content (AvgIpc) is 2.80. The summed E-state index contributed by atoms with van der Waals surface area (Å²) in [6.45, 7) is 5.22. The Morgan fingerprint density at radius 2 is 1.71 bits per heavy atom. The molecule has 1 atom stereocenters. The molecule has 1 amide bonds. The lowest BCUT2D eigenvalue weighted by atomic mass is 10.1. The van der Waals surface area contributed by atoms with Crippen LogP contribution in [0.5, 0.6) is 0 Å². The highest BCUT2D eigenvalue weighted by molar-refractivity contribution is 5.98. The number of aromatic nitrogens is 1. The van der Waals surface area contributed by atoms with Crippen LogP contribution in [0.2, 0.25) is 0 Å². The number of carbonyl (C=O) groups is 2. The van der Waals surface area contributed by atoms with Gasteiger partial charge in [0.15, 0.2) is 0 Å². The van der Waals surface area contributed by atoms with Gasteiger partial charge >= 0.3 is 12.1 Å². The van der Waals surface area contributed by atoms with Crippen LogP contribution in [0.1, 0.15) is 41.0 Å². The zero-order valence-electron chi connectivity index (χ0n) is 19.1. The van der Waals surface area contributed by atoms with Crippen LogP contribution in [0.3, 0.4) is 0 Å². The van der Waals surface area contributed by atoms with Crippen molar-refractivity contribution in [1.82, 2.24) is 4.98 Å². The van der Waals surface area contributed by atoms with Gasteiger partial charge in [-0.1, -0.05) is 36.4 Å². The van der Waals surface area contributed by atoms with Gasteiger partial charge in [-0.2, -0.15) is 13.2 Å². The first-order valence-electron chi connectivity index (χ1n) is 10.7. The number of halogens is 3. The van der Waals surface area contributed by atoms with Gasteiger partial charge in [0.05, 0.1) is 5.56 Å². The number of ether oxygens (including phenoxy) is 1. The largest absolute Gasteiger partial charge is 0.447 e. The topological polar surface area (TPSA) is 59.5 Å². The maximum absolute atomic E-state index is 13.7. The Balaban J connectivity index is 1.93. The molecule has 0 aliphatic heterocycles. The Kier molecular flexibility index (Phi) is 7.71. The molecule has 0 aliphatic carbocycles. The molecular weight excluding hydrogens is 445 g/mol. The van der Waals surface area contributed by atoms with Gasteiger partial charge in [-0.05, 0) is 49.2 Å². The van der Waals surface area contributed by atoms with Crippen molar-refractivity contribution in [2.75, 3.05) is 11.4 Å². The van der Waals surface area contributed by atoms with E-state index in [9.17, 15) is 22.8 Å². The standard InChI is InChI=1S/C26H25F3N2O3/c1-17-9-12-23(15-18(17)2)31(14-13-22-11-10-21(16-30-22)26(27,28)29)25(33)24(34-19(3)32)20-7-5-4-6-8-20/h4-12,15-16,24H,13-14H2,1-3H3. The van der Waals surface area contributed by atoms with Crippen molar-refractivity contribution >= 4 is 17.6 Å². The van der Waals surface area contributed by atoms with Crippen molar-refractivity contribution in [3.8, 4) is 0 Å².